The summed E-state index contributed by atoms with van der Waals surface area (Å²) >= 11 is 0. The Morgan fingerprint density at radius 3 is 2.80 bits per heavy atom. The molecule has 1 aliphatic heterocycles. The fourth-order valence-corrected chi connectivity index (χ4v) is 3.05. The second kappa shape index (κ2) is 4.07. The summed E-state index contributed by atoms with van der Waals surface area (Å²) in [5.74, 6) is 2.45. The average molecular weight is 270 g/mol. The Morgan fingerprint density at radius 1 is 1.10 bits per heavy atom. The van der Waals surface area contributed by atoms with Crippen molar-refractivity contribution in [3.05, 3.63) is 35.4 Å². The number of benzene rings is 2. The first-order valence-corrected chi connectivity index (χ1v) is 6.59. The van der Waals surface area contributed by atoms with Gasteiger partial charge in [-0.1, -0.05) is 6.07 Å². The van der Waals surface area contributed by atoms with E-state index >= 15 is 0 Å². The average Bonchev–Trinajstić information content (AvgIpc) is 2.92. The van der Waals surface area contributed by atoms with Gasteiger partial charge in [0, 0.05) is 5.56 Å². The van der Waals surface area contributed by atoms with Crippen molar-refractivity contribution < 1.29 is 19.3 Å². The number of hydrogen-bond acceptors (Lipinski definition) is 4. The predicted molar refractivity (Wildman–Crippen MR) is 73.6 cm³/mol. The van der Waals surface area contributed by atoms with Crippen LogP contribution in [0.25, 0.3) is 11.1 Å². The molecule has 0 atom stereocenters. The molecule has 0 fully saturated rings. The molecule has 1 N–H and O–H groups in total. The molecule has 2 aromatic carbocycles. The van der Waals surface area contributed by atoms with E-state index in [-0.39, 0.29) is 6.79 Å². The molecule has 1 heterocycles. The normalized spacial score (nSPS) is 14.7. The van der Waals surface area contributed by atoms with Crippen molar-refractivity contribution in [2.75, 3.05) is 13.9 Å². The van der Waals surface area contributed by atoms with Crippen molar-refractivity contribution in [2.45, 2.75) is 12.8 Å². The smallest absolute Gasteiger partial charge is 0.231 e. The van der Waals surface area contributed by atoms with Crippen LogP contribution in [0.1, 0.15) is 11.1 Å². The Labute approximate surface area is 116 Å². The molecule has 0 saturated carbocycles. The maximum absolute atomic E-state index is 9.64. The van der Waals surface area contributed by atoms with E-state index < -0.39 is 0 Å². The number of aromatic hydroxyl groups is 1. The van der Waals surface area contributed by atoms with Crippen molar-refractivity contribution >= 4 is 0 Å². The molecule has 0 bridgehead atoms. The highest BCUT2D eigenvalue weighted by atomic mass is 16.7. The van der Waals surface area contributed by atoms with Crippen LogP contribution in [-0.2, 0) is 12.8 Å². The molecular formula is C16H14O4. The summed E-state index contributed by atoms with van der Waals surface area (Å²) in [6, 6.07) is 7.50. The maximum atomic E-state index is 9.64. The number of phenolic OH excluding ortho intramolecular Hbond substituents is 1. The minimum atomic E-state index is 0.233. The van der Waals surface area contributed by atoms with Crippen molar-refractivity contribution in [1.82, 2.24) is 0 Å². The quantitative estimate of drug-likeness (QED) is 0.865. The van der Waals surface area contributed by atoms with Gasteiger partial charge in [-0.2, -0.15) is 0 Å². The van der Waals surface area contributed by atoms with Crippen LogP contribution in [0, 0.1) is 0 Å². The van der Waals surface area contributed by atoms with Gasteiger partial charge in [0.2, 0.25) is 12.5 Å². The number of ether oxygens (including phenoxy) is 3. The molecule has 2 aliphatic rings. The Kier molecular flexibility index (Phi) is 2.33. The summed E-state index contributed by atoms with van der Waals surface area (Å²) in [5.41, 5.74) is 4.48. The van der Waals surface area contributed by atoms with E-state index in [1.807, 2.05) is 18.2 Å². The third-order valence-corrected chi connectivity index (χ3v) is 3.93. The van der Waals surface area contributed by atoms with Crippen LogP contribution in [0.3, 0.4) is 0 Å². The first-order valence-electron chi connectivity index (χ1n) is 6.59. The van der Waals surface area contributed by atoms with E-state index in [0.717, 1.165) is 41.0 Å². The fraction of sp³-hybridized carbons (Fsp3) is 0.250. The molecule has 0 radical (unpaired) electrons. The SMILES string of the molecule is COc1c2c(cc3c1-c1ccc(O)cc1CC3)OCO2. The summed E-state index contributed by atoms with van der Waals surface area (Å²) in [7, 11) is 1.65. The first-order chi connectivity index (χ1) is 9.78. The highest BCUT2D eigenvalue weighted by Gasteiger charge is 2.29. The molecule has 0 amide bonds. The maximum Gasteiger partial charge on any atom is 0.231 e. The van der Waals surface area contributed by atoms with E-state index in [9.17, 15) is 5.11 Å². The Hall–Kier alpha value is -2.36. The number of aryl methyl sites for hydroxylation is 2. The van der Waals surface area contributed by atoms with Crippen LogP contribution < -0.4 is 14.2 Å². The zero-order valence-corrected chi connectivity index (χ0v) is 11.1. The highest BCUT2D eigenvalue weighted by Crippen LogP contribution is 2.51. The second-order valence-electron chi connectivity index (χ2n) is 5.02. The number of hydrogen-bond donors (Lipinski definition) is 1. The zero-order chi connectivity index (χ0) is 13.7. The van der Waals surface area contributed by atoms with Gasteiger partial charge in [-0.25, -0.2) is 0 Å². The second-order valence-corrected chi connectivity index (χ2v) is 5.02. The predicted octanol–water partition coefficient (Wildman–Crippen LogP) is 2.90. The van der Waals surface area contributed by atoms with Crippen molar-refractivity contribution in [3.63, 3.8) is 0 Å². The number of fused-ring (bicyclic) bond motifs is 4. The van der Waals surface area contributed by atoms with E-state index in [1.165, 1.54) is 5.56 Å². The highest BCUT2D eigenvalue weighted by molar-refractivity contribution is 5.83. The van der Waals surface area contributed by atoms with E-state index in [2.05, 4.69) is 0 Å². The minimum Gasteiger partial charge on any atom is -0.508 e. The number of methoxy groups -OCH3 is 1. The minimum absolute atomic E-state index is 0.233. The van der Waals surface area contributed by atoms with Crippen molar-refractivity contribution in [1.29, 1.82) is 0 Å². The molecule has 0 spiro atoms. The monoisotopic (exact) mass is 270 g/mol. The van der Waals surface area contributed by atoms with E-state index in [1.54, 1.807) is 13.2 Å². The molecule has 102 valence electrons. The lowest BCUT2D eigenvalue weighted by molar-refractivity contribution is 0.171. The topological polar surface area (TPSA) is 47.9 Å². The zero-order valence-electron chi connectivity index (χ0n) is 11.1. The Bertz CT molecular complexity index is 706. The first kappa shape index (κ1) is 11.5. The van der Waals surface area contributed by atoms with Gasteiger partial charge in [-0.05, 0) is 47.7 Å². The third-order valence-electron chi connectivity index (χ3n) is 3.93. The molecule has 4 rings (SSSR count). The van der Waals surface area contributed by atoms with Crippen molar-refractivity contribution in [2.24, 2.45) is 0 Å². The lowest BCUT2D eigenvalue weighted by Crippen LogP contribution is -2.06. The van der Waals surface area contributed by atoms with Gasteiger partial charge in [-0.3, -0.25) is 0 Å². The van der Waals surface area contributed by atoms with Crippen LogP contribution >= 0.6 is 0 Å². The Balaban J connectivity index is 2.02. The lowest BCUT2D eigenvalue weighted by Gasteiger charge is -2.23. The number of rotatable bonds is 1. The van der Waals surface area contributed by atoms with Crippen LogP contribution in [0.4, 0.5) is 0 Å². The largest absolute Gasteiger partial charge is 0.508 e. The summed E-state index contributed by atoms with van der Waals surface area (Å²) in [5, 5.41) is 9.64. The molecule has 2 aromatic rings. The molecule has 0 unspecified atom stereocenters. The summed E-state index contributed by atoms with van der Waals surface area (Å²) < 4.78 is 16.6. The van der Waals surface area contributed by atoms with Crippen LogP contribution in [0.2, 0.25) is 0 Å². The van der Waals surface area contributed by atoms with E-state index in [0.29, 0.717) is 11.5 Å². The van der Waals surface area contributed by atoms with Gasteiger partial charge in [0.15, 0.2) is 11.5 Å². The van der Waals surface area contributed by atoms with Crippen molar-refractivity contribution in [3.8, 4) is 34.1 Å². The molecular weight excluding hydrogens is 256 g/mol. The van der Waals surface area contributed by atoms with Gasteiger partial charge >= 0.3 is 0 Å². The molecule has 4 nitrogen and oxygen atoms in total. The Morgan fingerprint density at radius 2 is 1.95 bits per heavy atom. The molecule has 0 saturated heterocycles. The molecule has 1 aliphatic carbocycles. The standard InChI is InChI=1S/C16H14O4/c1-18-16-14-10(7-13-15(16)20-8-19-13)3-2-9-6-11(17)4-5-12(9)14/h4-7,17H,2-3,8H2,1H3. The van der Waals surface area contributed by atoms with Crippen LogP contribution in [0.5, 0.6) is 23.0 Å². The van der Waals surface area contributed by atoms with Gasteiger partial charge in [-0.15, -0.1) is 0 Å². The van der Waals surface area contributed by atoms with E-state index in [4.69, 9.17) is 14.2 Å². The fourth-order valence-electron chi connectivity index (χ4n) is 3.05. The van der Waals surface area contributed by atoms with Crippen LogP contribution in [-0.4, -0.2) is 19.0 Å². The van der Waals surface area contributed by atoms with Gasteiger partial charge in [0.1, 0.15) is 5.75 Å². The van der Waals surface area contributed by atoms with Gasteiger partial charge in [0.05, 0.1) is 7.11 Å². The third kappa shape index (κ3) is 1.48. The summed E-state index contributed by atoms with van der Waals surface area (Å²) in [6.45, 7) is 0.233. The van der Waals surface area contributed by atoms with Gasteiger partial charge < -0.3 is 19.3 Å². The molecule has 0 aromatic heterocycles. The summed E-state index contributed by atoms with van der Waals surface area (Å²) in [4.78, 5) is 0. The number of phenols is 1. The molecule has 20 heavy (non-hydrogen) atoms. The van der Waals surface area contributed by atoms with Crippen LogP contribution in [0.15, 0.2) is 24.3 Å². The summed E-state index contributed by atoms with van der Waals surface area (Å²) in [6.07, 6.45) is 1.80. The lowest BCUT2D eigenvalue weighted by atomic mass is 9.84. The van der Waals surface area contributed by atoms with Gasteiger partial charge in [0.25, 0.3) is 0 Å². The molecule has 4 heteroatoms.